The molecule has 0 radical (unpaired) electrons. The van der Waals surface area contributed by atoms with Crippen LogP contribution in [0.1, 0.15) is 37.9 Å². The molecule has 0 saturated carbocycles. The molecule has 1 aliphatic rings. The molecule has 92 valence electrons. The number of hydrogen-bond acceptors (Lipinski definition) is 2. The molecule has 0 fully saturated rings. The zero-order valence-corrected chi connectivity index (χ0v) is 11.7. The summed E-state index contributed by atoms with van der Waals surface area (Å²) in [5.74, 6) is 0. The molecule has 0 spiro atoms. The van der Waals surface area contributed by atoms with Gasteiger partial charge < -0.3 is 14.8 Å². The maximum atomic E-state index is 11.2. The van der Waals surface area contributed by atoms with Gasteiger partial charge in [-0.2, -0.15) is 0 Å². The Kier molecular flexibility index (Phi) is 2.94. The van der Waals surface area contributed by atoms with Gasteiger partial charge in [-0.15, -0.1) is 0 Å². The largest absolute Gasteiger partial charge is 0.530 e. The fourth-order valence-corrected chi connectivity index (χ4v) is 3.04. The zero-order chi connectivity index (χ0) is 12.8. The van der Waals surface area contributed by atoms with Crippen molar-refractivity contribution < 1.29 is 9.90 Å². The SMILES string of the molecule is CC(C)(C)C1c2cccc(Br)c2CN1C(=O)[O-]. The molecule has 0 bridgehead atoms. The van der Waals surface area contributed by atoms with E-state index in [0.717, 1.165) is 15.6 Å². The summed E-state index contributed by atoms with van der Waals surface area (Å²) in [4.78, 5) is 12.7. The van der Waals surface area contributed by atoms with Crippen LogP contribution in [0.3, 0.4) is 0 Å². The standard InChI is InChI=1S/C13H16BrNO2/c1-13(2,3)11-8-5-4-6-10(14)9(8)7-15(11)12(16)17/h4-6,11H,7H2,1-3H3,(H,16,17)/p-1. The van der Waals surface area contributed by atoms with E-state index in [2.05, 4.69) is 15.9 Å². The predicted molar refractivity (Wildman–Crippen MR) is 67.3 cm³/mol. The van der Waals surface area contributed by atoms with Gasteiger partial charge in [-0.05, 0) is 22.6 Å². The van der Waals surface area contributed by atoms with Crippen LogP contribution in [0.25, 0.3) is 0 Å². The summed E-state index contributed by atoms with van der Waals surface area (Å²) < 4.78 is 0.966. The van der Waals surface area contributed by atoms with Crippen molar-refractivity contribution in [1.29, 1.82) is 0 Å². The molecule has 0 aliphatic carbocycles. The first kappa shape index (κ1) is 12.4. The number of halogens is 1. The number of hydrogen-bond donors (Lipinski definition) is 0. The molecule has 1 heterocycles. The van der Waals surface area contributed by atoms with E-state index in [1.54, 1.807) is 0 Å². The molecule has 1 unspecified atom stereocenters. The van der Waals surface area contributed by atoms with Crippen LogP contribution in [-0.4, -0.2) is 11.0 Å². The molecule has 1 aliphatic heterocycles. The first-order valence-electron chi connectivity index (χ1n) is 5.57. The van der Waals surface area contributed by atoms with Crippen molar-refractivity contribution in [3.05, 3.63) is 33.8 Å². The van der Waals surface area contributed by atoms with E-state index < -0.39 is 6.09 Å². The van der Waals surface area contributed by atoms with Gasteiger partial charge in [-0.3, -0.25) is 0 Å². The topological polar surface area (TPSA) is 43.4 Å². The van der Waals surface area contributed by atoms with Crippen molar-refractivity contribution in [3.8, 4) is 0 Å². The normalized spacial score (nSPS) is 19.3. The smallest absolute Gasteiger partial charge is 0.137 e. The van der Waals surface area contributed by atoms with E-state index in [9.17, 15) is 9.90 Å². The Balaban J connectivity index is 2.55. The van der Waals surface area contributed by atoms with E-state index >= 15 is 0 Å². The molecule has 2 rings (SSSR count). The van der Waals surface area contributed by atoms with Crippen LogP contribution >= 0.6 is 15.9 Å². The van der Waals surface area contributed by atoms with Gasteiger partial charge in [-0.25, -0.2) is 0 Å². The lowest BCUT2D eigenvalue weighted by molar-refractivity contribution is -0.270. The Morgan fingerprint density at radius 1 is 1.47 bits per heavy atom. The van der Waals surface area contributed by atoms with Gasteiger partial charge in [0.1, 0.15) is 6.09 Å². The summed E-state index contributed by atoms with van der Waals surface area (Å²) in [5, 5.41) is 11.2. The van der Waals surface area contributed by atoms with Crippen LogP contribution in [0.2, 0.25) is 0 Å². The molecule has 1 amide bonds. The highest BCUT2D eigenvalue weighted by molar-refractivity contribution is 9.10. The lowest BCUT2D eigenvalue weighted by Crippen LogP contribution is -2.43. The number of carbonyl (C=O) groups excluding carboxylic acids is 1. The highest BCUT2D eigenvalue weighted by atomic mass is 79.9. The van der Waals surface area contributed by atoms with Gasteiger partial charge in [0, 0.05) is 11.0 Å². The van der Waals surface area contributed by atoms with Gasteiger partial charge >= 0.3 is 0 Å². The lowest BCUT2D eigenvalue weighted by Gasteiger charge is -2.37. The molecule has 1 aromatic rings. The lowest BCUT2D eigenvalue weighted by atomic mass is 9.82. The van der Waals surface area contributed by atoms with Gasteiger partial charge in [-0.1, -0.05) is 48.8 Å². The number of amides is 1. The van der Waals surface area contributed by atoms with E-state index in [0.29, 0.717) is 6.54 Å². The van der Waals surface area contributed by atoms with E-state index in [1.165, 1.54) is 4.90 Å². The molecule has 17 heavy (non-hydrogen) atoms. The summed E-state index contributed by atoms with van der Waals surface area (Å²) in [6, 6.07) is 5.75. The second kappa shape index (κ2) is 4.02. The number of carboxylic acid groups (broad SMARTS) is 1. The highest BCUT2D eigenvalue weighted by Crippen LogP contribution is 2.46. The zero-order valence-electron chi connectivity index (χ0n) is 10.2. The van der Waals surface area contributed by atoms with E-state index in [-0.39, 0.29) is 11.5 Å². The van der Waals surface area contributed by atoms with Gasteiger partial charge in [0.05, 0.1) is 6.04 Å². The van der Waals surface area contributed by atoms with Gasteiger partial charge in [0.25, 0.3) is 0 Å². The molecule has 1 atom stereocenters. The molecule has 0 N–H and O–H groups in total. The second-order valence-corrected chi connectivity index (χ2v) is 6.32. The van der Waals surface area contributed by atoms with Crippen molar-refractivity contribution in [3.63, 3.8) is 0 Å². The summed E-state index contributed by atoms with van der Waals surface area (Å²) in [6.45, 7) is 6.54. The summed E-state index contributed by atoms with van der Waals surface area (Å²) in [7, 11) is 0. The van der Waals surface area contributed by atoms with Crippen LogP contribution in [-0.2, 0) is 6.54 Å². The van der Waals surface area contributed by atoms with E-state index in [4.69, 9.17) is 0 Å². The quantitative estimate of drug-likeness (QED) is 0.739. The number of benzene rings is 1. The molecule has 0 saturated heterocycles. The highest BCUT2D eigenvalue weighted by Gasteiger charge is 2.38. The molecule has 1 aromatic carbocycles. The number of fused-ring (bicyclic) bond motifs is 1. The number of nitrogens with zero attached hydrogens (tertiary/aromatic N) is 1. The second-order valence-electron chi connectivity index (χ2n) is 5.47. The molecule has 4 heteroatoms. The molecular formula is C13H15BrNO2-. The minimum absolute atomic E-state index is 0.139. The monoisotopic (exact) mass is 296 g/mol. The average Bonchev–Trinajstić information content (AvgIpc) is 2.57. The fourth-order valence-electron chi connectivity index (χ4n) is 2.53. The minimum Gasteiger partial charge on any atom is -0.530 e. The average molecular weight is 297 g/mol. The van der Waals surface area contributed by atoms with Crippen LogP contribution in [0.15, 0.2) is 22.7 Å². The third-order valence-electron chi connectivity index (χ3n) is 3.14. The number of rotatable bonds is 0. The van der Waals surface area contributed by atoms with Gasteiger partial charge in [0.2, 0.25) is 0 Å². The van der Waals surface area contributed by atoms with Crippen LogP contribution in [0, 0.1) is 5.41 Å². The summed E-state index contributed by atoms with van der Waals surface area (Å²) in [6.07, 6.45) is -1.10. The molecular weight excluding hydrogens is 282 g/mol. The first-order valence-corrected chi connectivity index (χ1v) is 6.36. The van der Waals surface area contributed by atoms with Crippen LogP contribution in [0.4, 0.5) is 4.79 Å². The van der Waals surface area contributed by atoms with Crippen molar-refractivity contribution in [2.24, 2.45) is 5.41 Å². The third-order valence-corrected chi connectivity index (χ3v) is 3.89. The Labute approximate surface area is 110 Å². The van der Waals surface area contributed by atoms with Crippen LogP contribution in [0.5, 0.6) is 0 Å². The summed E-state index contributed by atoms with van der Waals surface area (Å²) >= 11 is 3.48. The fraction of sp³-hybridized carbons (Fsp3) is 0.462. The van der Waals surface area contributed by atoms with Crippen molar-refractivity contribution in [2.75, 3.05) is 0 Å². The van der Waals surface area contributed by atoms with Gasteiger partial charge in [0.15, 0.2) is 0 Å². The molecule has 3 nitrogen and oxygen atoms in total. The van der Waals surface area contributed by atoms with Crippen molar-refractivity contribution >= 4 is 22.0 Å². The van der Waals surface area contributed by atoms with Crippen LogP contribution < -0.4 is 5.11 Å². The molecule has 0 aromatic heterocycles. The number of carbonyl (C=O) groups is 1. The minimum atomic E-state index is -1.10. The van der Waals surface area contributed by atoms with Crippen molar-refractivity contribution in [1.82, 2.24) is 4.90 Å². The third kappa shape index (κ3) is 2.06. The Hall–Kier alpha value is -1.03. The first-order chi connectivity index (χ1) is 7.82. The Morgan fingerprint density at radius 2 is 2.12 bits per heavy atom. The van der Waals surface area contributed by atoms with E-state index in [1.807, 2.05) is 39.0 Å². The van der Waals surface area contributed by atoms with Crippen molar-refractivity contribution in [2.45, 2.75) is 33.4 Å². The summed E-state index contributed by atoms with van der Waals surface area (Å²) in [5.41, 5.74) is 1.99. The maximum Gasteiger partial charge on any atom is 0.137 e. The Morgan fingerprint density at radius 3 is 2.65 bits per heavy atom. The Bertz CT molecular complexity index is 465. The predicted octanol–water partition coefficient (Wildman–Crippen LogP) is 2.70. The maximum absolute atomic E-state index is 11.2.